The van der Waals surface area contributed by atoms with Crippen molar-refractivity contribution in [2.45, 2.75) is 12.8 Å². The van der Waals surface area contributed by atoms with Gasteiger partial charge in [-0.05, 0) is 109 Å². The molecular weight excluding hydrogens is 839 g/mol. The number of rotatable bonds is 6. The molecule has 2 heterocycles. The smallest absolute Gasteiger partial charge is 0.164 e. The Labute approximate surface area is 400 Å². The van der Waals surface area contributed by atoms with Crippen LogP contribution in [0.5, 0.6) is 0 Å². The van der Waals surface area contributed by atoms with Crippen LogP contribution in [0, 0.1) is 0 Å². The first-order valence-electron chi connectivity index (χ1n) is 23.6. The molecule has 0 radical (unpaired) electrons. The third-order valence-electron chi connectivity index (χ3n) is 13.7. The average molecular weight is 882 g/mol. The Morgan fingerprint density at radius 1 is 0.261 bits per heavy atom. The first-order valence-corrected chi connectivity index (χ1v) is 23.6. The predicted molar refractivity (Wildman–Crippen MR) is 283 cm³/mol. The topological polar surface area (TPSA) is 51.8 Å². The van der Waals surface area contributed by atoms with E-state index < -0.39 is 0 Å². The molecule has 0 amide bonds. The highest BCUT2D eigenvalue weighted by Crippen LogP contribution is 2.41. The van der Waals surface area contributed by atoms with Crippen molar-refractivity contribution in [1.29, 1.82) is 0 Å². The van der Waals surface area contributed by atoms with Gasteiger partial charge in [-0.2, -0.15) is 0 Å². The molecule has 1 aliphatic rings. The first-order chi connectivity index (χ1) is 34.2. The summed E-state index contributed by atoms with van der Waals surface area (Å²) in [4.78, 5) is 15.3. The number of aromatic nitrogens is 3. The van der Waals surface area contributed by atoms with E-state index in [1.54, 1.807) is 0 Å². The number of fused-ring (bicyclic) bond motifs is 9. The van der Waals surface area contributed by atoms with Gasteiger partial charge in [-0.1, -0.05) is 218 Å². The standard InChI is InChI=1S/C65H43N3O/c1-3-14-42(15-4-1)43-30-32-47(33-31-43)64-66-63(46-16-5-2-6-17-46)67-65(68-64)58-24-13-25-61-62(58)59-41-49(35-37-60(59)69-61)45-28-26-44(27-29-45)48-34-36-57-53(38-48)40-52-20-9-11-22-55(52)54-21-10-7-18-50(54)39-51-19-8-12-23-56(51)57/h1-38,41H,39-40H2. The number of hydrogen-bond donors (Lipinski definition) is 0. The van der Waals surface area contributed by atoms with Crippen LogP contribution in [0.3, 0.4) is 0 Å². The van der Waals surface area contributed by atoms with Crippen molar-refractivity contribution in [2.75, 3.05) is 0 Å². The van der Waals surface area contributed by atoms with Crippen molar-refractivity contribution < 1.29 is 4.42 Å². The van der Waals surface area contributed by atoms with Gasteiger partial charge in [0, 0.05) is 27.5 Å². The zero-order chi connectivity index (χ0) is 45.7. The van der Waals surface area contributed by atoms with Gasteiger partial charge in [-0.3, -0.25) is 0 Å². The fourth-order valence-electron chi connectivity index (χ4n) is 10.2. The Morgan fingerprint density at radius 2 is 0.667 bits per heavy atom. The Bertz CT molecular complexity index is 3870. The zero-order valence-corrected chi connectivity index (χ0v) is 37.7. The van der Waals surface area contributed by atoms with Gasteiger partial charge in [0.2, 0.25) is 0 Å². The van der Waals surface area contributed by atoms with E-state index in [4.69, 9.17) is 19.4 Å². The van der Waals surface area contributed by atoms with Gasteiger partial charge >= 0.3 is 0 Å². The molecule has 4 heteroatoms. The third kappa shape index (κ3) is 7.49. The highest BCUT2D eigenvalue weighted by molar-refractivity contribution is 6.12. The van der Waals surface area contributed by atoms with Crippen LogP contribution in [0.15, 0.2) is 241 Å². The molecule has 0 fully saturated rings. The summed E-state index contributed by atoms with van der Waals surface area (Å²) in [6, 6.07) is 84.3. The molecule has 0 N–H and O–H groups in total. The van der Waals surface area contributed by atoms with Crippen molar-refractivity contribution in [3.8, 4) is 89.8 Å². The van der Waals surface area contributed by atoms with Crippen LogP contribution in [0.2, 0.25) is 0 Å². The summed E-state index contributed by atoms with van der Waals surface area (Å²) in [6.07, 6.45) is 1.71. The fourth-order valence-corrected chi connectivity index (χ4v) is 10.2. The summed E-state index contributed by atoms with van der Waals surface area (Å²) in [5.41, 5.74) is 21.8. The molecule has 13 rings (SSSR count). The van der Waals surface area contributed by atoms with Crippen LogP contribution in [0.4, 0.5) is 0 Å². The van der Waals surface area contributed by atoms with Crippen LogP contribution in [-0.4, -0.2) is 15.0 Å². The minimum absolute atomic E-state index is 0.591. The van der Waals surface area contributed by atoms with E-state index in [0.29, 0.717) is 17.5 Å². The molecule has 0 spiro atoms. The fraction of sp³-hybridized carbons (Fsp3) is 0.0308. The molecule has 1 aliphatic carbocycles. The van der Waals surface area contributed by atoms with E-state index in [1.807, 2.05) is 48.5 Å². The van der Waals surface area contributed by atoms with Gasteiger partial charge in [-0.25, -0.2) is 15.0 Å². The summed E-state index contributed by atoms with van der Waals surface area (Å²) in [6.45, 7) is 0. The second-order valence-electron chi connectivity index (χ2n) is 17.9. The van der Waals surface area contributed by atoms with E-state index in [2.05, 4.69) is 188 Å². The predicted octanol–water partition coefficient (Wildman–Crippen LogP) is 16.6. The molecule has 69 heavy (non-hydrogen) atoms. The second-order valence-corrected chi connectivity index (χ2v) is 17.9. The van der Waals surface area contributed by atoms with E-state index in [1.165, 1.54) is 55.6 Å². The molecule has 10 aromatic carbocycles. The Hall–Kier alpha value is -8.99. The van der Waals surface area contributed by atoms with Crippen molar-refractivity contribution in [1.82, 2.24) is 15.0 Å². The molecule has 324 valence electrons. The quantitative estimate of drug-likeness (QED) is 0.167. The van der Waals surface area contributed by atoms with Gasteiger partial charge in [-0.15, -0.1) is 0 Å². The van der Waals surface area contributed by atoms with E-state index in [9.17, 15) is 0 Å². The first kappa shape index (κ1) is 40.3. The van der Waals surface area contributed by atoms with Gasteiger partial charge in [0.25, 0.3) is 0 Å². The van der Waals surface area contributed by atoms with Crippen LogP contribution in [-0.2, 0) is 12.8 Å². The summed E-state index contributed by atoms with van der Waals surface area (Å²) >= 11 is 0. The molecule has 0 atom stereocenters. The second kappa shape index (κ2) is 17.0. The molecule has 0 saturated heterocycles. The van der Waals surface area contributed by atoms with Crippen LogP contribution in [0.25, 0.3) is 112 Å². The number of furan rings is 1. The molecule has 0 unspecified atom stereocenters. The highest BCUT2D eigenvalue weighted by atomic mass is 16.3. The van der Waals surface area contributed by atoms with Crippen LogP contribution in [0.1, 0.15) is 22.3 Å². The maximum absolute atomic E-state index is 6.53. The minimum atomic E-state index is 0.591. The minimum Gasteiger partial charge on any atom is -0.456 e. The lowest BCUT2D eigenvalue weighted by atomic mass is 9.83. The Morgan fingerprint density at radius 3 is 1.28 bits per heavy atom. The zero-order valence-electron chi connectivity index (χ0n) is 37.7. The summed E-state index contributed by atoms with van der Waals surface area (Å²) in [5, 5.41) is 1.98. The third-order valence-corrected chi connectivity index (χ3v) is 13.7. The summed E-state index contributed by atoms with van der Waals surface area (Å²) < 4.78 is 6.53. The largest absolute Gasteiger partial charge is 0.456 e. The van der Waals surface area contributed by atoms with Gasteiger partial charge in [0.05, 0.1) is 0 Å². The number of hydrogen-bond acceptors (Lipinski definition) is 4. The Kier molecular flexibility index (Phi) is 9.94. The SMILES string of the molecule is c1ccc(-c2ccc(-c3nc(-c4ccccc4)nc(-c4cccc5oc6ccc(-c7ccc(-c8ccc9c(c8)Cc8ccccc8-c8ccccc8Cc8ccccc8-9)cc7)cc6c45)n3)cc2)cc1. The molecule has 0 saturated carbocycles. The molecular formula is C65H43N3O. The van der Waals surface area contributed by atoms with Gasteiger partial charge < -0.3 is 4.42 Å². The summed E-state index contributed by atoms with van der Waals surface area (Å²) in [5.74, 6) is 1.82. The van der Waals surface area contributed by atoms with E-state index >= 15 is 0 Å². The van der Waals surface area contributed by atoms with Gasteiger partial charge in [0.1, 0.15) is 11.2 Å². The van der Waals surface area contributed by atoms with Crippen molar-refractivity contribution in [2.24, 2.45) is 0 Å². The van der Waals surface area contributed by atoms with E-state index in [-0.39, 0.29) is 0 Å². The molecule has 4 nitrogen and oxygen atoms in total. The molecule has 12 aromatic rings. The summed E-state index contributed by atoms with van der Waals surface area (Å²) in [7, 11) is 0. The average Bonchev–Trinajstić information content (AvgIpc) is 3.80. The monoisotopic (exact) mass is 881 g/mol. The lowest BCUT2D eigenvalue weighted by molar-refractivity contribution is 0.669. The van der Waals surface area contributed by atoms with E-state index in [0.717, 1.165) is 73.7 Å². The van der Waals surface area contributed by atoms with Crippen LogP contribution >= 0.6 is 0 Å². The normalized spacial score (nSPS) is 11.9. The Balaban J connectivity index is 0.869. The lowest BCUT2D eigenvalue weighted by Crippen LogP contribution is -2.02. The number of benzene rings is 10. The van der Waals surface area contributed by atoms with Crippen LogP contribution < -0.4 is 0 Å². The molecule has 2 aromatic heterocycles. The highest BCUT2D eigenvalue weighted by Gasteiger charge is 2.21. The molecule has 0 aliphatic heterocycles. The van der Waals surface area contributed by atoms with Crippen molar-refractivity contribution in [3.05, 3.63) is 259 Å². The maximum atomic E-state index is 6.53. The maximum Gasteiger partial charge on any atom is 0.164 e. The number of nitrogens with zero attached hydrogens (tertiary/aromatic N) is 3. The van der Waals surface area contributed by atoms with Gasteiger partial charge in [0.15, 0.2) is 17.5 Å². The lowest BCUT2D eigenvalue weighted by Gasteiger charge is -2.21. The molecule has 0 bridgehead atoms. The van der Waals surface area contributed by atoms with Crippen molar-refractivity contribution in [3.63, 3.8) is 0 Å². The van der Waals surface area contributed by atoms with Crippen molar-refractivity contribution >= 4 is 21.9 Å².